The van der Waals surface area contributed by atoms with Crippen molar-refractivity contribution in [3.8, 4) is 16.9 Å². The van der Waals surface area contributed by atoms with Gasteiger partial charge in [0, 0.05) is 23.7 Å². The van der Waals surface area contributed by atoms with Gasteiger partial charge in [-0.25, -0.2) is 4.68 Å². The molecule has 0 saturated carbocycles. The van der Waals surface area contributed by atoms with E-state index in [-0.39, 0.29) is 5.91 Å². The largest absolute Gasteiger partial charge is 0.338 e. The summed E-state index contributed by atoms with van der Waals surface area (Å²) in [6.45, 7) is 5.26. The first-order valence-electron chi connectivity index (χ1n) is 8.34. The van der Waals surface area contributed by atoms with Crippen LogP contribution in [0.25, 0.3) is 16.9 Å². The molecule has 0 bridgehead atoms. The Labute approximate surface area is 152 Å². The Morgan fingerprint density at radius 3 is 2.28 bits per heavy atom. The standard InChI is InChI=1S/C20H20ClN3O/c1-3-23(4-2)20(25)19-14-18(15-8-6-5-7-9-15)22-24(19)17-12-10-16(21)11-13-17/h5-14H,3-4H2,1-2H3. The van der Waals surface area contributed by atoms with Gasteiger partial charge in [0.05, 0.1) is 11.4 Å². The van der Waals surface area contributed by atoms with Gasteiger partial charge >= 0.3 is 0 Å². The summed E-state index contributed by atoms with van der Waals surface area (Å²) in [7, 11) is 0. The summed E-state index contributed by atoms with van der Waals surface area (Å²) in [5.41, 5.74) is 3.10. The van der Waals surface area contributed by atoms with E-state index in [0.29, 0.717) is 23.8 Å². The second kappa shape index (κ2) is 7.53. The first-order chi connectivity index (χ1) is 12.1. The summed E-state index contributed by atoms with van der Waals surface area (Å²) in [5, 5.41) is 5.33. The maximum atomic E-state index is 13.0. The van der Waals surface area contributed by atoms with Gasteiger partial charge < -0.3 is 4.90 Å². The van der Waals surface area contributed by atoms with Crippen molar-refractivity contribution in [1.82, 2.24) is 14.7 Å². The first kappa shape index (κ1) is 17.2. The molecule has 0 aliphatic heterocycles. The molecule has 0 spiro atoms. The highest BCUT2D eigenvalue weighted by Gasteiger charge is 2.21. The Kier molecular flexibility index (Phi) is 5.19. The number of halogens is 1. The molecule has 1 heterocycles. The van der Waals surface area contributed by atoms with Gasteiger partial charge in [0.25, 0.3) is 5.91 Å². The minimum atomic E-state index is -0.0327. The molecule has 0 radical (unpaired) electrons. The molecule has 1 aromatic heterocycles. The van der Waals surface area contributed by atoms with Crippen LogP contribution in [0.15, 0.2) is 60.7 Å². The van der Waals surface area contributed by atoms with E-state index in [1.807, 2.05) is 62.4 Å². The number of rotatable bonds is 5. The van der Waals surface area contributed by atoms with Crippen molar-refractivity contribution in [2.75, 3.05) is 13.1 Å². The molecule has 4 nitrogen and oxygen atoms in total. The lowest BCUT2D eigenvalue weighted by Gasteiger charge is -2.19. The molecule has 128 valence electrons. The molecular weight excluding hydrogens is 334 g/mol. The Morgan fingerprint density at radius 1 is 1.04 bits per heavy atom. The number of carbonyl (C=O) groups excluding carboxylic acids is 1. The molecule has 0 saturated heterocycles. The third-order valence-electron chi connectivity index (χ3n) is 4.12. The predicted octanol–water partition coefficient (Wildman–Crippen LogP) is 4.67. The van der Waals surface area contributed by atoms with Crippen LogP contribution in [0, 0.1) is 0 Å². The molecule has 3 rings (SSSR count). The highest BCUT2D eigenvalue weighted by atomic mass is 35.5. The molecule has 0 aliphatic rings. The third-order valence-corrected chi connectivity index (χ3v) is 4.37. The van der Waals surface area contributed by atoms with E-state index >= 15 is 0 Å². The summed E-state index contributed by atoms with van der Waals surface area (Å²) in [6, 6.07) is 19.0. The Hall–Kier alpha value is -2.59. The van der Waals surface area contributed by atoms with Crippen molar-refractivity contribution in [2.45, 2.75) is 13.8 Å². The summed E-state index contributed by atoms with van der Waals surface area (Å²) >= 11 is 5.99. The number of hydrogen-bond donors (Lipinski definition) is 0. The van der Waals surface area contributed by atoms with E-state index in [1.165, 1.54) is 0 Å². The molecule has 0 aliphatic carbocycles. The van der Waals surface area contributed by atoms with Gasteiger partial charge in [-0.2, -0.15) is 5.10 Å². The fourth-order valence-electron chi connectivity index (χ4n) is 2.74. The lowest BCUT2D eigenvalue weighted by atomic mass is 10.1. The van der Waals surface area contributed by atoms with Gasteiger partial charge in [0.15, 0.2) is 0 Å². The zero-order valence-electron chi connectivity index (χ0n) is 14.3. The highest BCUT2D eigenvalue weighted by molar-refractivity contribution is 6.30. The van der Waals surface area contributed by atoms with Gasteiger partial charge in [0.1, 0.15) is 5.69 Å². The molecule has 0 atom stereocenters. The van der Waals surface area contributed by atoms with Crippen LogP contribution in [0.3, 0.4) is 0 Å². The lowest BCUT2D eigenvalue weighted by molar-refractivity contribution is 0.0764. The molecule has 0 N–H and O–H groups in total. The van der Waals surface area contributed by atoms with Gasteiger partial charge in [-0.15, -0.1) is 0 Å². The van der Waals surface area contributed by atoms with Gasteiger partial charge in [-0.05, 0) is 44.2 Å². The van der Waals surface area contributed by atoms with Gasteiger partial charge in [-0.3, -0.25) is 4.79 Å². The van der Waals surface area contributed by atoms with Crippen LogP contribution in [0.1, 0.15) is 24.3 Å². The molecule has 25 heavy (non-hydrogen) atoms. The van der Waals surface area contributed by atoms with Crippen LogP contribution >= 0.6 is 11.6 Å². The number of carbonyl (C=O) groups is 1. The van der Waals surface area contributed by atoms with Crippen molar-refractivity contribution >= 4 is 17.5 Å². The number of amides is 1. The Balaban J connectivity index is 2.12. The van der Waals surface area contributed by atoms with Gasteiger partial charge in [0.2, 0.25) is 0 Å². The minimum absolute atomic E-state index is 0.0327. The fourth-order valence-corrected chi connectivity index (χ4v) is 2.86. The van der Waals surface area contributed by atoms with Crippen molar-refractivity contribution < 1.29 is 4.79 Å². The lowest BCUT2D eigenvalue weighted by Crippen LogP contribution is -2.32. The molecular formula is C20H20ClN3O. The second-order valence-corrected chi connectivity index (χ2v) is 6.08. The van der Waals surface area contributed by atoms with E-state index in [4.69, 9.17) is 11.6 Å². The smallest absolute Gasteiger partial charge is 0.272 e. The second-order valence-electron chi connectivity index (χ2n) is 5.65. The average molecular weight is 354 g/mol. The molecule has 0 unspecified atom stereocenters. The molecule has 1 amide bonds. The quantitative estimate of drug-likeness (QED) is 0.668. The van der Waals surface area contributed by atoms with Crippen LogP contribution in [-0.2, 0) is 0 Å². The number of nitrogens with zero attached hydrogens (tertiary/aromatic N) is 3. The molecule has 2 aromatic carbocycles. The van der Waals surface area contributed by atoms with Crippen LogP contribution in [0.5, 0.6) is 0 Å². The first-order valence-corrected chi connectivity index (χ1v) is 8.72. The summed E-state index contributed by atoms with van der Waals surface area (Å²) in [4.78, 5) is 14.7. The third kappa shape index (κ3) is 3.59. The normalized spacial score (nSPS) is 10.7. The molecule has 3 aromatic rings. The van der Waals surface area contributed by atoms with E-state index in [2.05, 4.69) is 5.10 Å². The van der Waals surface area contributed by atoms with E-state index < -0.39 is 0 Å². The zero-order chi connectivity index (χ0) is 17.8. The van der Waals surface area contributed by atoms with Crippen LogP contribution in [0.4, 0.5) is 0 Å². The van der Waals surface area contributed by atoms with E-state index in [0.717, 1.165) is 16.9 Å². The van der Waals surface area contributed by atoms with Gasteiger partial charge in [-0.1, -0.05) is 41.9 Å². The maximum Gasteiger partial charge on any atom is 0.272 e. The van der Waals surface area contributed by atoms with E-state index in [9.17, 15) is 4.79 Å². The average Bonchev–Trinajstić information content (AvgIpc) is 3.09. The zero-order valence-corrected chi connectivity index (χ0v) is 15.1. The topological polar surface area (TPSA) is 38.1 Å². The van der Waals surface area contributed by atoms with Crippen molar-refractivity contribution in [3.05, 3.63) is 71.4 Å². The molecule has 0 fully saturated rings. The molecule has 5 heteroatoms. The Morgan fingerprint density at radius 2 is 1.68 bits per heavy atom. The van der Waals surface area contributed by atoms with Crippen LogP contribution < -0.4 is 0 Å². The van der Waals surface area contributed by atoms with E-state index in [1.54, 1.807) is 21.7 Å². The maximum absolute atomic E-state index is 13.0. The summed E-state index contributed by atoms with van der Waals surface area (Å²) in [5.74, 6) is -0.0327. The summed E-state index contributed by atoms with van der Waals surface area (Å²) < 4.78 is 1.69. The number of aromatic nitrogens is 2. The summed E-state index contributed by atoms with van der Waals surface area (Å²) in [6.07, 6.45) is 0. The monoisotopic (exact) mass is 353 g/mol. The van der Waals surface area contributed by atoms with Crippen LogP contribution in [0.2, 0.25) is 5.02 Å². The van der Waals surface area contributed by atoms with Crippen molar-refractivity contribution in [2.24, 2.45) is 0 Å². The SMILES string of the molecule is CCN(CC)C(=O)c1cc(-c2ccccc2)nn1-c1ccc(Cl)cc1. The highest BCUT2D eigenvalue weighted by Crippen LogP contribution is 2.23. The number of hydrogen-bond acceptors (Lipinski definition) is 2. The van der Waals surface area contributed by atoms with Crippen molar-refractivity contribution in [1.29, 1.82) is 0 Å². The minimum Gasteiger partial charge on any atom is -0.338 e. The van der Waals surface area contributed by atoms with Crippen molar-refractivity contribution in [3.63, 3.8) is 0 Å². The number of benzene rings is 2. The predicted molar refractivity (Wildman–Crippen MR) is 101 cm³/mol. The fraction of sp³-hybridized carbons (Fsp3) is 0.200. The Bertz CT molecular complexity index is 852. The van der Waals surface area contributed by atoms with Crippen LogP contribution in [-0.4, -0.2) is 33.7 Å².